The van der Waals surface area contributed by atoms with Crippen LogP contribution in [0.2, 0.25) is 5.02 Å². The van der Waals surface area contributed by atoms with Gasteiger partial charge in [-0.2, -0.15) is 0 Å². The molecule has 28 heavy (non-hydrogen) atoms. The maximum atomic E-state index is 13.2. The standard InChI is InChI=1S/C22H18ClNO4/c23-16-8-9-18-17(13-16)22(27,14-19(25)20-7-4-12-28-20)21(26)24(18)11-10-15-5-2-1-3-6-15/h1-9,12-13,27H,10-11,14H2. The number of nitrogens with zero attached hydrogens (tertiary/aromatic N) is 1. The molecule has 0 spiro atoms. The molecule has 0 radical (unpaired) electrons. The zero-order valence-electron chi connectivity index (χ0n) is 15.0. The summed E-state index contributed by atoms with van der Waals surface area (Å²) in [6.45, 7) is 0.384. The van der Waals surface area contributed by atoms with E-state index in [-0.39, 0.29) is 5.76 Å². The van der Waals surface area contributed by atoms with E-state index in [1.165, 1.54) is 17.2 Å². The third-order valence-electron chi connectivity index (χ3n) is 4.97. The zero-order valence-corrected chi connectivity index (χ0v) is 15.7. The van der Waals surface area contributed by atoms with Gasteiger partial charge in [-0.1, -0.05) is 41.9 Å². The minimum atomic E-state index is -1.97. The molecule has 2 aromatic carbocycles. The van der Waals surface area contributed by atoms with Gasteiger partial charge >= 0.3 is 0 Å². The van der Waals surface area contributed by atoms with Crippen LogP contribution < -0.4 is 4.90 Å². The maximum absolute atomic E-state index is 13.2. The van der Waals surface area contributed by atoms with E-state index in [4.69, 9.17) is 16.0 Å². The molecule has 4 rings (SSSR count). The Kier molecular flexibility index (Phi) is 4.79. The topological polar surface area (TPSA) is 70.8 Å². The number of anilines is 1. The SMILES string of the molecule is O=C(CC1(O)C(=O)N(CCc2ccccc2)c2ccc(Cl)cc21)c1ccco1. The smallest absolute Gasteiger partial charge is 0.264 e. The molecule has 0 fully saturated rings. The molecule has 0 saturated heterocycles. The molecular formula is C22H18ClNO4. The van der Waals surface area contributed by atoms with Crippen LogP contribution in [-0.4, -0.2) is 23.3 Å². The second-order valence-electron chi connectivity index (χ2n) is 6.79. The van der Waals surface area contributed by atoms with Gasteiger partial charge in [-0.3, -0.25) is 9.59 Å². The number of amides is 1. The van der Waals surface area contributed by atoms with Crippen molar-refractivity contribution in [1.82, 2.24) is 0 Å². The number of halogens is 1. The van der Waals surface area contributed by atoms with Crippen molar-refractivity contribution in [1.29, 1.82) is 0 Å². The number of hydrogen-bond acceptors (Lipinski definition) is 4. The first-order valence-electron chi connectivity index (χ1n) is 8.94. The van der Waals surface area contributed by atoms with E-state index in [1.54, 1.807) is 24.3 Å². The van der Waals surface area contributed by atoms with Gasteiger partial charge in [-0.05, 0) is 42.3 Å². The van der Waals surface area contributed by atoms with Gasteiger partial charge in [-0.15, -0.1) is 0 Å². The fourth-order valence-corrected chi connectivity index (χ4v) is 3.73. The Labute approximate surface area is 167 Å². The number of benzene rings is 2. The fraction of sp³-hybridized carbons (Fsp3) is 0.182. The summed E-state index contributed by atoms with van der Waals surface area (Å²) in [6.07, 6.45) is 1.59. The van der Waals surface area contributed by atoms with Gasteiger partial charge in [0.2, 0.25) is 5.78 Å². The monoisotopic (exact) mass is 395 g/mol. The Balaban J connectivity index is 1.65. The molecule has 3 aromatic rings. The highest BCUT2D eigenvalue weighted by molar-refractivity contribution is 6.31. The van der Waals surface area contributed by atoms with Gasteiger partial charge in [0.1, 0.15) is 0 Å². The average molecular weight is 396 g/mol. The number of ketones is 1. The lowest BCUT2D eigenvalue weighted by Crippen LogP contribution is -2.42. The van der Waals surface area contributed by atoms with Crippen LogP contribution in [-0.2, 0) is 16.8 Å². The normalized spacial score (nSPS) is 18.4. The predicted molar refractivity (Wildman–Crippen MR) is 106 cm³/mol. The lowest BCUT2D eigenvalue weighted by atomic mass is 9.89. The number of carbonyl (C=O) groups excluding carboxylic acids is 2. The maximum Gasteiger partial charge on any atom is 0.264 e. The summed E-state index contributed by atoms with van der Waals surface area (Å²) in [4.78, 5) is 27.2. The Bertz CT molecular complexity index is 1020. The number of carbonyl (C=O) groups is 2. The van der Waals surface area contributed by atoms with E-state index >= 15 is 0 Å². The molecule has 1 atom stereocenters. The Morgan fingerprint density at radius 1 is 1.11 bits per heavy atom. The molecule has 1 aliphatic heterocycles. The Morgan fingerprint density at radius 3 is 2.61 bits per heavy atom. The van der Waals surface area contributed by atoms with Crippen LogP contribution in [0.1, 0.15) is 28.1 Å². The summed E-state index contributed by atoms with van der Waals surface area (Å²) < 4.78 is 5.12. The number of fused-ring (bicyclic) bond motifs is 1. The first-order valence-corrected chi connectivity index (χ1v) is 9.32. The molecule has 0 aliphatic carbocycles. The van der Waals surface area contributed by atoms with Gasteiger partial charge in [0.25, 0.3) is 5.91 Å². The van der Waals surface area contributed by atoms with Crippen molar-refractivity contribution in [3.8, 4) is 0 Å². The highest BCUT2D eigenvalue weighted by Gasteiger charge is 2.51. The summed E-state index contributed by atoms with van der Waals surface area (Å²) in [5, 5.41) is 11.7. The van der Waals surface area contributed by atoms with Gasteiger partial charge in [0, 0.05) is 17.1 Å². The lowest BCUT2D eigenvalue weighted by molar-refractivity contribution is -0.135. The number of furan rings is 1. The first kappa shape index (κ1) is 18.5. The van der Waals surface area contributed by atoms with E-state index in [0.717, 1.165) is 5.56 Å². The second kappa shape index (κ2) is 7.26. The van der Waals surface area contributed by atoms with Gasteiger partial charge in [0.05, 0.1) is 18.4 Å². The van der Waals surface area contributed by atoms with E-state index in [9.17, 15) is 14.7 Å². The third kappa shape index (κ3) is 3.23. The number of aliphatic hydroxyl groups is 1. The van der Waals surface area contributed by atoms with Crippen LogP contribution in [0, 0.1) is 0 Å². The van der Waals surface area contributed by atoms with Crippen molar-refractivity contribution in [3.05, 3.63) is 88.8 Å². The molecule has 0 saturated carbocycles. The van der Waals surface area contributed by atoms with Crippen LogP contribution in [0.15, 0.2) is 71.3 Å². The molecular weight excluding hydrogens is 378 g/mol. The van der Waals surface area contributed by atoms with Gasteiger partial charge in [0.15, 0.2) is 11.4 Å². The largest absolute Gasteiger partial charge is 0.461 e. The molecule has 1 aromatic heterocycles. The van der Waals surface area contributed by atoms with Crippen molar-refractivity contribution >= 4 is 29.0 Å². The number of rotatable bonds is 6. The molecule has 0 bridgehead atoms. The predicted octanol–water partition coefficient (Wildman–Crippen LogP) is 3.98. The highest BCUT2D eigenvalue weighted by Crippen LogP contribution is 2.44. The molecule has 142 valence electrons. The molecule has 1 amide bonds. The van der Waals surface area contributed by atoms with Crippen LogP contribution in [0.5, 0.6) is 0 Å². The van der Waals surface area contributed by atoms with E-state index in [0.29, 0.717) is 29.2 Å². The van der Waals surface area contributed by atoms with Gasteiger partial charge in [-0.25, -0.2) is 0 Å². The Hall–Kier alpha value is -2.89. The van der Waals surface area contributed by atoms with E-state index < -0.39 is 23.7 Å². The molecule has 5 nitrogen and oxygen atoms in total. The second-order valence-corrected chi connectivity index (χ2v) is 7.23. The lowest BCUT2D eigenvalue weighted by Gasteiger charge is -2.22. The molecule has 1 aliphatic rings. The summed E-state index contributed by atoms with van der Waals surface area (Å²) in [5.74, 6) is -0.871. The van der Waals surface area contributed by atoms with Crippen molar-refractivity contribution < 1.29 is 19.1 Å². The van der Waals surface area contributed by atoms with Crippen molar-refractivity contribution in [3.63, 3.8) is 0 Å². The quantitative estimate of drug-likeness (QED) is 0.641. The van der Waals surface area contributed by atoms with Crippen LogP contribution in [0.4, 0.5) is 5.69 Å². The van der Waals surface area contributed by atoms with Crippen molar-refractivity contribution in [2.45, 2.75) is 18.4 Å². The minimum absolute atomic E-state index is 0.104. The third-order valence-corrected chi connectivity index (χ3v) is 5.21. The number of Topliss-reactive ketones (excluding diaryl/α,β-unsaturated/α-hetero) is 1. The van der Waals surface area contributed by atoms with Crippen LogP contribution >= 0.6 is 11.6 Å². The van der Waals surface area contributed by atoms with Crippen molar-refractivity contribution in [2.75, 3.05) is 11.4 Å². The molecule has 6 heteroatoms. The van der Waals surface area contributed by atoms with E-state index in [1.807, 2.05) is 30.3 Å². The zero-order chi connectivity index (χ0) is 19.7. The summed E-state index contributed by atoms with van der Waals surface area (Å²) in [5.41, 5.74) is 0.0202. The Morgan fingerprint density at radius 2 is 1.89 bits per heavy atom. The first-order chi connectivity index (χ1) is 13.5. The molecule has 1 unspecified atom stereocenters. The highest BCUT2D eigenvalue weighted by atomic mass is 35.5. The van der Waals surface area contributed by atoms with Crippen LogP contribution in [0.3, 0.4) is 0 Å². The fourth-order valence-electron chi connectivity index (χ4n) is 3.56. The van der Waals surface area contributed by atoms with Gasteiger partial charge < -0.3 is 14.4 Å². The average Bonchev–Trinajstić information content (AvgIpc) is 3.30. The summed E-state index contributed by atoms with van der Waals surface area (Å²) in [7, 11) is 0. The van der Waals surface area contributed by atoms with E-state index in [2.05, 4.69) is 0 Å². The van der Waals surface area contributed by atoms with Crippen molar-refractivity contribution in [2.24, 2.45) is 0 Å². The minimum Gasteiger partial charge on any atom is -0.461 e. The number of hydrogen-bond donors (Lipinski definition) is 1. The summed E-state index contributed by atoms with van der Waals surface area (Å²) in [6, 6.07) is 17.8. The molecule has 2 heterocycles. The summed E-state index contributed by atoms with van der Waals surface area (Å²) >= 11 is 6.11. The molecule has 1 N–H and O–H groups in total. The van der Waals surface area contributed by atoms with Crippen LogP contribution in [0.25, 0.3) is 0 Å².